The number of fused-ring (bicyclic) bond motifs is 1. The fourth-order valence-electron chi connectivity index (χ4n) is 4.33. The fraction of sp³-hybridized carbons (Fsp3) is 0.706. The van der Waals surface area contributed by atoms with Crippen molar-refractivity contribution in [3.05, 3.63) is 24.2 Å². The fourth-order valence-corrected chi connectivity index (χ4v) is 4.33. The van der Waals surface area contributed by atoms with Crippen LogP contribution < -0.4 is 0 Å². The lowest BCUT2D eigenvalue weighted by molar-refractivity contribution is -0.145. The Hall–Kier alpha value is -1.33. The Morgan fingerprint density at radius 2 is 2.23 bits per heavy atom. The lowest BCUT2D eigenvalue weighted by Crippen LogP contribution is -2.61. The Labute approximate surface area is 131 Å². The monoisotopic (exact) mass is 304 g/mol. The van der Waals surface area contributed by atoms with Crippen LogP contribution >= 0.6 is 0 Å². The van der Waals surface area contributed by atoms with E-state index in [2.05, 4.69) is 9.80 Å². The Morgan fingerprint density at radius 1 is 1.27 bits per heavy atom. The summed E-state index contributed by atoms with van der Waals surface area (Å²) in [5.41, 5.74) is 1.21. The lowest BCUT2D eigenvalue weighted by Gasteiger charge is -2.48. The van der Waals surface area contributed by atoms with Crippen LogP contribution in [0.1, 0.15) is 31.2 Å². The Kier molecular flexibility index (Phi) is 3.92. The first kappa shape index (κ1) is 14.3. The van der Waals surface area contributed by atoms with Gasteiger partial charge in [-0.25, -0.2) is 0 Å². The van der Waals surface area contributed by atoms with Gasteiger partial charge in [0, 0.05) is 44.8 Å². The number of carbonyl (C=O) groups is 1. The average Bonchev–Trinajstić information content (AvgIpc) is 3.18. The van der Waals surface area contributed by atoms with Gasteiger partial charge in [-0.05, 0) is 31.2 Å². The molecule has 0 unspecified atom stereocenters. The molecule has 4 heterocycles. The van der Waals surface area contributed by atoms with Gasteiger partial charge in [0.25, 0.3) is 0 Å². The lowest BCUT2D eigenvalue weighted by atomic mass is 9.84. The number of nitrogens with zero attached hydrogens (tertiary/aromatic N) is 2. The first-order valence-corrected chi connectivity index (χ1v) is 8.46. The molecule has 0 bridgehead atoms. The molecular formula is C17H24N2O3. The van der Waals surface area contributed by atoms with Crippen molar-refractivity contribution in [3.8, 4) is 0 Å². The maximum absolute atomic E-state index is 12.2. The van der Waals surface area contributed by atoms with E-state index in [0.29, 0.717) is 18.2 Å². The second-order valence-electron chi connectivity index (χ2n) is 6.82. The van der Waals surface area contributed by atoms with Gasteiger partial charge < -0.3 is 14.1 Å². The summed E-state index contributed by atoms with van der Waals surface area (Å²) in [6.45, 7) is 4.63. The van der Waals surface area contributed by atoms with Gasteiger partial charge in [-0.2, -0.15) is 0 Å². The minimum atomic E-state index is 0.223. The second-order valence-corrected chi connectivity index (χ2v) is 6.82. The van der Waals surface area contributed by atoms with Crippen molar-refractivity contribution < 1.29 is 13.9 Å². The van der Waals surface area contributed by atoms with E-state index >= 15 is 0 Å². The van der Waals surface area contributed by atoms with Gasteiger partial charge in [-0.1, -0.05) is 0 Å². The standard InChI is InChI=1S/C17H24N2O3/c20-16-4-1-6-19(16)15-11-18(9-13-5-8-21-12-13)10-14-3-2-7-22-17(14)15/h5,8,12,14-15,17H,1-4,6-7,9-11H2/t14-,15+,17-/m0/s1. The number of amides is 1. The highest BCUT2D eigenvalue weighted by atomic mass is 16.5. The SMILES string of the molecule is O=C1CCCN1[C@@H]1CN(Cc2ccoc2)C[C@@H]2CCCO[C@@H]21. The van der Waals surface area contributed by atoms with Crippen LogP contribution in [0.15, 0.2) is 23.0 Å². The maximum atomic E-state index is 12.2. The van der Waals surface area contributed by atoms with E-state index in [1.165, 1.54) is 12.0 Å². The molecule has 0 saturated carbocycles. The van der Waals surface area contributed by atoms with E-state index in [-0.39, 0.29) is 12.1 Å². The second kappa shape index (κ2) is 6.05. The molecule has 0 aliphatic carbocycles. The van der Waals surface area contributed by atoms with Crippen LogP contribution in [-0.2, 0) is 16.1 Å². The van der Waals surface area contributed by atoms with Crippen LogP contribution in [0.4, 0.5) is 0 Å². The number of hydrogen-bond acceptors (Lipinski definition) is 4. The zero-order valence-corrected chi connectivity index (χ0v) is 12.9. The minimum absolute atomic E-state index is 0.223. The summed E-state index contributed by atoms with van der Waals surface area (Å²) in [7, 11) is 0. The van der Waals surface area contributed by atoms with Gasteiger partial charge in [0.2, 0.25) is 5.91 Å². The van der Waals surface area contributed by atoms with Crippen molar-refractivity contribution in [2.45, 2.75) is 44.4 Å². The number of likely N-dealkylation sites (tertiary alicyclic amines) is 2. The van der Waals surface area contributed by atoms with Crippen molar-refractivity contribution in [3.63, 3.8) is 0 Å². The number of rotatable bonds is 3. The summed E-state index contributed by atoms with van der Waals surface area (Å²) in [6, 6.07) is 2.25. The number of piperidine rings is 1. The average molecular weight is 304 g/mol. The van der Waals surface area contributed by atoms with Crippen molar-refractivity contribution >= 4 is 5.91 Å². The van der Waals surface area contributed by atoms with Crippen molar-refractivity contribution in [2.24, 2.45) is 5.92 Å². The summed E-state index contributed by atoms with van der Waals surface area (Å²) < 4.78 is 11.3. The zero-order valence-electron chi connectivity index (χ0n) is 12.9. The molecule has 1 aromatic heterocycles. The molecule has 0 radical (unpaired) electrons. The van der Waals surface area contributed by atoms with Gasteiger partial charge in [0.05, 0.1) is 24.7 Å². The molecular weight excluding hydrogens is 280 g/mol. The molecule has 0 N–H and O–H groups in total. The third-order valence-electron chi connectivity index (χ3n) is 5.31. The zero-order chi connectivity index (χ0) is 14.9. The topological polar surface area (TPSA) is 45.9 Å². The Morgan fingerprint density at radius 3 is 3.00 bits per heavy atom. The molecule has 3 atom stereocenters. The van der Waals surface area contributed by atoms with Gasteiger partial charge >= 0.3 is 0 Å². The molecule has 3 saturated heterocycles. The van der Waals surface area contributed by atoms with Gasteiger partial charge in [-0.15, -0.1) is 0 Å². The van der Waals surface area contributed by atoms with Crippen LogP contribution in [0.25, 0.3) is 0 Å². The van der Waals surface area contributed by atoms with Crippen LogP contribution in [0.5, 0.6) is 0 Å². The molecule has 120 valence electrons. The predicted octanol–water partition coefficient (Wildman–Crippen LogP) is 1.88. The summed E-state index contributed by atoms with van der Waals surface area (Å²) in [6.07, 6.45) is 7.83. The molecule has 1 amide bonds. The minimum Gasteiger partial charge on any atom is -0.472 e. The van der Waals surface area contributed by atoms with E-state index in [1.54, 1.807) is 6.26 Å². The number of ether oxygens (including phenoxy) is 1. The van der Waals surface area contributed by atoms with Crippen molar-refractivity contribution in [2.75, 3.05) is 26.2 Å². The number of hydrogen-bond donors (Lipinski definition) is 0. The van der Waals surface area contributed by atoms with Gasteiger partial charge in [-0.3, -0.25) is 9.69 Å². The smallest absolute Gasteiger partial charge is 0.223 e. The Balaban J connectivity index is 1.52. The van der Waals surface area contributed by atoms with Crippen LogP contribution in [0.2, 0.25) is 0 Å². The highest BCUT2D eigenvalue weighted by Gasteiger charge is 2.44. The van der Waals surface area contributed by atoms with Gasteiger partial charge in [0.15, 0.2) is 0 Å². The highest BCUT2D eigenvalue weighted by molar-refractivity contribution is 5.78. The first-order chi connectivity index (χ1) is 10.8. The van der Waals surface area contributed by atoms with Gasteiger partial charge in [0.1, 0.15) is 0 Å². The quantitative estimate of drug-likeness (QED) is 0.855. The summed E-state index contributed by atoms with van der Waals surface area (Å²) >= 11 is 0. The van der Waals surface area contributed by atoms with Crippen LogP contribution in [0.3, 0.4) is 0 Å². The third-order valence-corrected chi connectivity index (χ3v) is 5.31. The molecule has 0 aromatic carbocycles. The third kappa shape index (κ3) is 2.68. The first-order valence-electron chi connectivity index (χ1n) is 8.46. The van der Waals surface area contributed by atoms with E-state index < -0.39 is 0 Å². The molecule has 5 nitrogen and oxygen atoms in total. The predicted molar refractivity (Wildman–Crippen MR) is 81.2 cm³/mol. The largest absolute Gasteiger partial charge is 0.472 e. The molecule has 3 aliphatic rings. The van der Waals surface area contributed by atoms with E-state index in [1.807, 2.05) is 12.3 Å². The van der Waals surface area contributed by atoms with E-state index in [4.69, 9.17) is 9.15 Å². The van der Waals surface area contributed by atoms with Crippen molar-refractivity contribution in [1.29, 1.82) is 0 Å². The molecule has 22 heavy (non-hydrogen) atoms. The maximum Gasteiger partial charge on any atom is 0.223 e. The van der Waals surface area contributed by atoms with Crippen LogP contribution in [0, 0.1) is 5.92 Å². The van der Waals surface area contributed by atoms with Crippen molar-refractivity contribution in [1.82, 2.24) is 9.80 Å². The molecule has 0 spiro atoms. The molecule has 3 fully saturated rings. The summed E-state index contributed by atoms with van der Waals surface area (Å²) in [4.78, 5) is 16.8. The Bertz CT molecular complexity index is 516. The molecule has 1 aromatic rings. The van der Waals surface area contributed by atoms with E-state index in [9.17, 15) is 4.79 Å². The molecule has 4 rings (SSSR count). The number of furan rings is 1. The van der Waals surface area contributed by atoms with E-state index in [0.717, 1.165) is 45.6 Å². The van der Waals surface area contributed by atoms with Crippen LogP contribution in [-0.4, -0.2) is 54.1 Å². The molecule has 5 heteroatoms. The number of carbonyl (C=O) groups excluding carboxylic acids is 1. The summed E-state index contributed by atoms with van der Waals surface area (Å²) in [5.74, 6) is 0.857. The highest BCUT2D eigenvalue weighted by Crippen LogP contribution is 2.33. The summed E-state index contributed by atoms with van der Waals surface area (Å²) in [5, 5.41) is 0. The molecule has 3 aliphatic heterocycles. The normalized spacial score (nSPS) is 33.2.